The van der Waals surface area contributed by atoms with Crippen molar-refractivity contribution in [3.63, 3.8) is 0 Å². The van der Waals surface area contributed by atoms with Crippen molar-refractivity contribution in [2.45, 2.75) is 36.1 Å². The average molecular weight is 428 g/mol. The molecule has 1 aromatic carbocycles. The molecule has 0 aromatic heterocycles. The number of rotatable bonds is 5. The molecule has 3 atom stereocenters. The summed E-state index contributed by atoms with van der Waals surface area (Å²) in [6, 6.07) is 7.14. The first kappa shape index (κ1) is 25.1. The van der Waals surface area contributed by atoms with Gasteiger partial charge in [0, 0.05) is 4.75 Å². The Morgan fingerprint density at radius 2 is 1.88 bits per heavy atom. The average Bonchev–Trinajstić information content (AvgIpc) is 2.80. The van der Waals surface area contributed by atoms with Crippen LogP contribution in [0.25, 0.3) is 0 Å². The van der Waals surface area contributed by atoms with Gasteiger partial charge in [0.1, 0.15) is 17.2 Å². The van der Waals surface area contributed by atoms with Crippen molar-refractivity contribution in [3.05, 3.63) is 30.3 Å². The molecule has 2 aliphatic rings. The number of aliphatic carboxylic acids is 1. The molecule has 2 saturated heterocycles. The van der Waals surface area contributed by atoms with Crippen LogP contribution in [0.5, 0.6) is 5.75 Å². The number of thioether (sulfide) groups is 1. The van der Waals surface area contributed by atoms with Gasteiger partial charge in [0.15, 0.2) is 6.61 Å². The summed E-state index contributed by atoms with van der Waals surface area (Å²) < 4.78 is 4.67. The van der Waals surface area contributed by atoms with Crippen LogP contribution in [0.1, 0.15) is 13.8 Å². The van der Waals surface area contributed by atoms with Gasteiger partial charge < -0.3 is 24.9 Å². The van der Waals surface area contributed by atoms with Crippen molar-refractivity contribution in [1.29, 1.82) is 0 Å². The second-order valence-electron chi connectivity index (χ2n) is 6.23. The van der Waals surface area contributed by atoms with Crippen LogP contribution in [-0.2, 0) is 14.4 Å². The standard InChI is InChI=1S/C16H18N2O5S.2K/c1-16(2)12(15(21)22)18-13(20)11(14(18)24-16)17-10(19)8-23-9-6-4-3-5-7-9;;/h3-7,11-12,14H,8H2,1-2H3,(H,17,19)(H,21,22);;/q;2*+1/p-1/t11-,12+,14-;;/m1../s1. The number of ether oxygens (including phenoxy) is 1. The number of benzene rings is 1. The predicted octanol–water partition coefficient (Wildman–Crippen LogP) is -6.63. The van der Waals surface area contributed by atoms with Gasteiger partial charge in [-0.15, -0.1) is 11.8 Å². The third-order valence-corrected chi connectivity index (χ3v) is 5.67. The SMILES string of the molecule is CC1(C)S[C@@H]2[C@H](NC(=O)COc3ccccc3)C(=O)N2[C@H]1C(=O)[O-].[K+].[K+]. The van der Waals surface area contributed by atoms with Gasteiger partial charge in [-0.25, -0.2) is 0 Å². The minimum atomic E-state index is -1.28. The monoisotopic (exact) mass is 427 g/mol. The van der Waals surface area contributed by atoms with Gasteiger partial charge in [0.2, 0.25) is 5.91 Å². The molecule has 0 radical (unpaired) electrons. The molecular formula is C16H17K2N2O5S+. The molecule has 0 bridgehead atoms. The Labute approximate surface area is 241 Å². The van der Waals surface area contributed by atoms with Crippen LogP contribution in [-0.4, -0.2) is 51.5 Å². The van der Waals surface area contributed by atoms with E-state index in [0.717, 1.165) is 0 Å². The van der Waals surface area contributed by atoms with Crippen LogP contribution < -0.4 is 118 Å². The zero-order chi connectivity index (χ0) is 17.5. The van der Waals surface area contributed by atoms with Gasteiger partial charge in [-0.05, 0) is 26.0 Å². The number of nitrogens with one attached hydrogen (secondary N) is 1. The van der Waals surface area contributed by atoms with E-state index in [9.17, 15) is 19.5 Å². The minimum Gasteiger partial charge on any atom is -0.548 e. The summed E-state index contributed by atoms with van der Waals surface area (Å²) in [6.45, 7) is 3.29. The largest absolute Gasteiger partial charge is 1.00 e. The van der Waals surface area contributed by atoms with Crippen molar-refractivity contribution in [2.24, 2.45) is 0 Å². The van der Waals surface area contributed by atoms with Crippen LogP contribution in [0.2, 0.25) is 0 Å². The fraction of sp³-hybridized carbons (Fsp3) is 0.438. The minimum absolute atomic E-state index is 0. The molecule has 2 heterocycles. The van der Waals surface area contributed by atoms with Crippen molar-refractivity contribution in [2.75, 3.05) is 6.61 Å². The van der Waals surface area contributed by atoms with E-state index in [-0.39, 0.29) is 109 Å². The third kappa shape index (κ3) is 5.15. The summed E-state index contributed by atoms with van der Waals surface area (Å²) >= 11 is 1.35. The quantitative estimate of drug-likeness (QED) is 0.371. The van der Waals surface area contributed by atoms with E-state index in [1.165, 1.54) is 16.7 Å². The number of carbonyl (C=O) groups is 3. The van der Waals surface area contributed by atoms with E-state index in [1.54, 1.807) is 38.1 Å². The fourth-order valence-corrected chi connectivity index (χ4v) is 4.63. The molecule has 26 heavy (non-hydrogen) atoms. The molecule has 0 unspecified atom stereocenters. The number of para-hydroxylation sites is 1. The molecule has 3 rings (SSSR count). The first-order chi connectivity index (χ1) is 11.3. The number of carboxylic acids is 1. The summed E-state index contributed by atoms with van der Waals surface area (Å²) in [5, 5.41) is 13.5. The first-order valence-electron chi connectivity index (χ1n) is 7.49. The van der Waals surface area contributed by atoms with Gasteiger partial charge in [-0.3, -0.25) is 9.59 Å². The molecule has 1 N–H and O–H groups in total. The maximum atomic E-state index is 12.2. The van der Waals surface area contributed by atoms with E-state index < -0.39 is 40.0 Å². The molecule has 7 nitrogen and oxygen atoms in total. The Morgan fingerprint density at radius 1 is 1.27 bits per heavy atom. The third-order valence-electron chi connectivity index (χ3n) is 4.09. The number of hydrogen-bond donors (Lipinski definition) is 1. The topological polar surface area (TPSA) is 98.8 Å². The van der Waals surface area contributed by atoms with E-state index in [0.29, 0.717) is 5.75 Å². The van der Waals surface area contributed by atoms with Gasteiger partial charge in [-0.2, -0.15) is 0 Å². The number of fused-ring (bicyclic) bond motifs is 1. The Morgan fingerprint density at radius 3 is 2.46 bits per heavy atom. The number of nitrogens with zero attached hydrogens (tertiary/aromatic N) is 1. The Hall–Kier alpha value is 1.05. The number of carboxylic acid groups (broad SMARTS) is 1. The molecule has 0 spiro atoms. The molecule has 128 valence electrons. The molecular weight excluding hydrogens is 410 g/mol. The van der Waals surface area contributed by atoms with Crippen molar-refractivity contribution in [3.8, 4) is 5.75 Å². The van der Waals surface area contributed by atoms with E-state index in [2.05, 4.69) is 5.32 Å². The van der Waals surface area contributed by atoms with Crippen molar-refractivity contribution < 1.29 is 127 Å². The summed E-state index contributed by atoms with van der Waals surface area (Å²) in [4.78, 5) is 36.8. The zero-order valence-corrected chi connectivity index (χ0v) is 22.3. The molecule has 2 fully saturated rings. The van der Waals surface area contributed by atoms with E-state index >= 15 is 0 Å². The van der Waals surface area contributed by atoms with E-state index in [1.807, 2.05) is 6.07 Å². The smallest absolute Gasteiger partial charge is 0.548 e. The summed E-state index contributed by atoms with van der Waals surface area (Å²) in [6.07, 6.45) is 0. The summed E-state index contributed by atoms with van der Waals surface area (Å²) in [5.74, 6) is -1.55. The maximum Gasteiger partial charge on any atom is 1.00 e. The molecule has 2 aliphatic heterocycles. The van der Waals surface area contributed by atoms with Crippen molar-refractivity contribution in [1.82, 2.24) is 10.2 Å². The van der Waals surface area contributed by atoms with E-state index in [4.69, 9.17) is 4.74 Å². The second-order valence-corrected chi connectivity index (χ2v) is 8.00. The van der Waals surface area contributed by atoms with Crippen LogP contribution in [0.4, 0.5) is 0 Å². The molecule has 2 amide bonds. The van der Waals surface area contributed by atoms with Crippen LogP contribution in [0.15, 0.2) is 30.3 Å². The van der Waals surface area contributed by atoms with Crippen LogP contribution >= 0.6 is 11.8 Å². The van der Waals surface area contributed by atoms with Crippen LogP contribution in [0.3, 0.4) is 0 Å². The van der Waals surface area contributed by atoms with Gasteiger partial charge in [0.05, 0.1) is 12.0 Å². The number of amides is 2. The van der Waals surface area contributed by atoms with Gasteiger partial charge in [-0.1, -0.05) is 18.2 Å². The number of β-lactam (4-membered cyclic amide) rings is 1. The predicted molar refractivity (Wildman–Crippen MR) is 85.0 cm³/mol. The summed E-state index contributed by atoms with van der Waals surface area (Å²) in [5.41, 5.74) is 0. The Bertz CT molecular complexity index is 688. The van der Waals surface area contributed by atoms with Crippen molar-refractivity contribution >= 4 is 29.5 Å². The molecule has 0 aliphatic carbocycles. The Balaban J connectivity index is 0.00000169. The fourth-order valence-electron chi connectivity index (χ4n) is 3.01. The Kier molecular flexibility index (Phi) is 9.84. The molecule has 10 heteroatoms. The van der Waals surface area contributed by atoms with Gasteiger partial charge >= 0.3 is 103 Å². The van der Waals surface area contributed by atoms with Gasteiger partial charge in [0.25, 0.3) is 5.91 Å². The molecule has 1 aromatic rings. The molecule has 0 saturated carbocycles. The summed E-state index contributed by atoms with van der Waals surface area (Å²) in [7, 11) is 0. The van der Waals surface area contributed by atoms with Crippen LogP contribution in [0, 0.1) is 0 Å². The maximum absolute atomic E-state index is 12.2. The first-order valence-corrected chi connectivity index (χ1v) is 8.37. The number of hydrogen-bond acceptors (Lipinski definition) is 6. The normalized spacial score (nSPS) is 25.1. The second kappa shape index (κ2) is 10.2. The number of carbonyl (C=O) groups excluding carboxylic acids is 3. The zero-order valence-electron chi connectivity index (χ0n) is 15.2.